The highest BCUT2D eigenvalue weighted by Gasteiger charge is 2.26. The Morgan fingerprint density at radius 2 is 1.83 bits per heavy atom. The van der Waals surface area contributed by atoms with Gasteiger partial charge in [-0.15, -0.1) is 0 Å². The highest BCUT2D eigenvalue weighted by molar-refractivity contribution is 5.93. The molecule has 1 fully saturated rings. The third-order valence-corrected chi connectivity index (χ3v) is 7.86. The first-order chi connectivity index (χ1) is 22.8. The van der Waals surface area contributed by atoms with Gasteiger partial charge in [-0.1, -0.05) is 12.1 Å². The van der Waals surface area contributed by atoms with Crippen LogP contribution in [0.2, 0.25) is 0 Å². The van der Waals surface area contributed by atoms with E-state index >= 15 is 0 Å². The van der Waals surface area contributed by atoms with Crippen LogP contribution < -0.4 is 20.7 Å². The molecule has 4 heterocycles. The molecular formula is C33H32F2N8O4. The maximum Gasteiger partial charge on any atom is 0.407 e. The van der Waals surface area contributed by atoms with Crippen LogP contribution in [0.15, 0.2) is 67.3 Å². The van der Waals surface area contributed by atoms with Crippen molar-refractivity contribution >= 4 is 28.9 Å². The maximum atomic E-state index is 14.8. The number of halogens is 2. The number of anilines is 1. The number of aromatic amines is 1. The summed E-state index contributed by atoms with van der Waals surface area (Å²) >= 11 is 0. The molecule has 47 heavy (non-hydrogen) atoms. The quantitative estimate of drug-likeness (QED) is 0.159. The third-order valence-electron chi connectivity index (χ3n) is 7.86. The van der Waals surface area contributed by atoms with Gasteiger partial charge in [0.15, 0.2) is 17.5 Å². The molecule has 12 nitrogen and oxygen atoms in total. The van der Waals surface area contributed by atoms with E-state index in [1.165, 1.54) is 12.3 Å². The highest BCUT2D eigenvalue weighted by Crippen LogP contribution is 2.28. The van der Waals surface area contributed by atoms with Gasteiger partial charge >= 0.3 is 6.09 Å². The van der Waals surface area contributed by atoms with Crippen LogP contribution in [0, 0.1) is 11.6 Å². The van der Waals surface area contributed by atoms with Crippen molar-refractivity contribution in [1.29, 1.82) is 0 Å². The molecule has 1 saturated carbocycles. The Labute approximate surface area is 268 Å². The molecule has 1 aliphatic rings. The van der Waals surface area contributed by atoms with E-state index in [2.05, 4.69) is 40.9 Å². The predicted molar refractivity (Wildman–Crippen MR) is 168 cm³/mol. The molecule has 14 heteroatoms. The Hall–Kier alpha value is -5.66. The maximum absolute atomic E-state index is 14.8. The number of hydrogen-bond acceptors (Lipinski definition) is 9. The van der Waals surface area contributed by atoms with E-state index < -0.39 is 17.7 Å². The van der Waals surface area contributed by atoms with Crippen molar-refractivity contribution in [2.24, 2.45) is 0 Å². The summed E-state index contributed by atoms with van der Waals surface area (Å²) in [6.07, 6.45) is 7.50. The van der Waals surface area contributed by atoms with Gasteiger partial charge in [0.2, 0.25) is 0 Å². The van der Waals surface area contributed by atoms with Crippen molar-refractivity contribution < 1.29 is 27.8 Å². The van der Waals surface area contributed by atoms with Gasteiger partial charge in [0, 0.05) is 42.0 Å². The minimum atomic E-state index is -0.623. The number of nitrogens with zero attached hydrogens (tertiary/aromatic N) is 4. The van der Waals surface area contributed by atoms with Crippen LogP contribution in [0.3, 0.4) is 0 Å². The zero-order valence-corrected chi connectivity index (χ0v) is 25.4. The molecule has 2 amide bonds. The van der Waals surface area contributed by atoms with Crippen LogP contribution in [-0.4, -0.2) is 56.1 Å². The average Bonchev–Trinajstić information content (AvgIpc) is 3.51. The summed E-state index contributed by atoms with van der Waals surface area (Å²) in [5.74, 6) is -0.528. The molecule has 242 valence electrons. The number of methoxy groups -OCH3 is 1. The van der Waals surface area contributed by atoms with Gasteiger partial charge in [-0.2, -0.15) is 0 Å². The minimum absolute atomic E-state index is 0.0214. The summed E-state index contributed by atoms with van der Waals surface area (Å²) in [6, 6.07) is 11.5. The smallest absolute Gasteiger partial charge is 0.407 e. The Bertz CT molecular complexity index is 1880. The predicted octanol–water partition coefficient (Wildman–Crippen LogP) is 5.28. The summed E-state index contributed by atoms with van der Waals surface area (Å²) in [4.78, 5) is 45.0. The van der Waals surface area contributed by atoms with E-state index in [0.29, 0.717) is 28.6 Å². The van der Waals surface area contributed by atoms with Crippen molar-refractivity contribution in [1.82, 2.24) is 35.6 Å². The van der Waals surface area contributed by atoms with Crippen molar-refractivity contribution in [3.05, 3.63) is 95.7 Å². The van der Waals surface area contributed by atoms with Crippen LogP contribution in [0.4, 0.5) is 19.4 Å². The Balaban J connectivity index is 1.02. The SMILES string of the molecule is COc1ccc(CNC(=O)OCc2ccnc(C(=O)N[C@@H]3CCC[C@H](Nc4nc(-c5c[nH]c6ncc(F)cc56)ncc4F)C3)c2)cc1. The molecule has 1 aromatic carbocycles. The van der Waals surface area contributed by atoms with Gasteiger partial charge in [-0.05, 0) is 67.1 Å². The first kappa shape index (κ1) is 31.3. The summed E-state index contributed by atoms with van der Waals surface area (Å²) in [7, 11) is 1.58. The molecule has 0 saturated heterocycles. The molecule has 0 spiro atoms. The van der Waals surface area contributed by atoms with Gasteiger partial charge in [-0.3, -0.25) is 9.78 Å². The lowest BCUT2D eigenvalue weighted by Crippen LogP contribution is -2.42. The largest absolute Gasteiger partial charge is 0.497 e. The lowest BCUT2D eigenvalue weighted by atomic mass is 9.91. The van der Waals surface area contributed by atoms with Crippen LogP contribution in [0.1, 0.15) is 47.3 Å². The Morgan fingerprint density at radius 3 is 2.66 bits per heavy atom. The van der Waals surface area contributed by atoms with Crippen molar-refractivity contribution in [3.63, 3.8) is 0 Å². The number of ether oxygens (including phenoxy) is 2. The van der Waals surface area contributed by atoms with E-state index in [1.807, 2.05) is 12.1 Å². The number of alkyl carbamates (subject to hydrolysis) is 1. The first-order valence-corrected chi connectivity index (χ1v) is 15.1. The molecule has 5 aromatic rings. The lowest BCUT2D eigenvalue weighted by molar-refractivity contribution is 0.0921. The molecule has 6 rings (SSSR count). The van der Waals surface area contributed by atoms with Crippen LogP contribution >= 0.6 is 0 Å². The van der Waals surface area contributed by atoms with Crippen molar-refractivity contribution in [2.45, 2.75) is 50.9 Å². The molecule has 0 bridgehead atoms. The number of nitrogens with one attached hydrogen (secondary N) is 4. The fourth-order valence-electron chi connectivity index (χ4n) is 5.47. The number of hydrogen-bond donors (Lipinski definition) is 4. The van der Waals surface area contributed by atoms with Crippen LogP contribution in [0.25, 0.3) is 22.4 Å². The normalized spacial score (nSPS) is 16.0. The van der Waals surface area contributed by atoms with Crippen molar-refractivity contribution in [2.75, 3.05) is 12.4 Å². The number of fused-ring (bicyclic) bond motifs is 1. The molecule has 4 N–H and O–H groups in total. The number of carbonyl (C=O) groups excluding carboxylic acids is 2. The molecule has 2 atom stereocenters. The zero-order chi connectivity index (χ0) is 32.8. The van der Waals surface area contributed by atoms with Crippen molar-refractivity contribution in [3.8, 4) is 17.1 Å². The van der Waals surface area contributed by atoms with Crippen LogP contribution in [-0.2, 0) is 17.9 Å². The standard InChI is InChI=1S/C33H32F2N8O4/c1-46-24-7-5-19(6-8-24)14-40-33(45)47-18-20-9-10-36-28(11-20)32(44)42-23-4-2-3-22(13-23)41-31-27(35)17-39-30(43-31)26-16-38-29-25(26)12-21(34)15-37-29/h5-12,15-17,22-23H,2-4,13-14,18H2,1H3,(H,37,38)(H,40,45)(H,42,44)(H,39,41,43)/t22-,23+/m0/s1. The molecular weight excluding hydrogens is 610 g/mol. The topological polar surface area (TPSA) is 156 Å². The number of pyridine rings is 2. The van der Waals surface area contributed by atoms with Crippen LogP contribution in [0.5, 0.6) is 5.75 Å². The molecule has 4 aromatic heterocycles. The number of amides is 2. The van der Waals surface area contributed by atoms with Gasteiger partial charge in [0.25, 0.3) is 5.91 Å². The number of aromatic nitrogens is 5. The van der Waals surface area contributed by atoms with Gasteiger partial charge < -0.3 is 30.4 Å². The summed E-state index contributed by atoms with van der Waals surface area (Å²) < 4.78 is 39.1. The summed E-state index contributed by atoms with van der Waals surface area (Å²) in [5, 5.41) is 9.36. The van der Waals surface area contributed by atoms with E-state index in [0.717, 1.165) is 43.0 Å². The second-order valence-electron chi connectivity index (χ2n) is 11.1. The molecule has 0 unspecified atom stereocenters. The number of rotatable bonds is 10. The highest BCUT2D eigenvalue weighted by atomic mass is 19.1. The number of carbonyl (C=O) groups is 2. The van der Waals surface area contributed by atoms with E-state index in [-0.39, 0.29) is 48.5 Å². The monoisotopic (exact) mass is 642 g/mol. The van der Waals surface area contributed by atoms with Gasteiger partial charge in [0.1, 0.15) is 29.5 Å². The molecule has 0 radical (unpaired) electrons. The summed E-state index contributed by atoms with van der Waals surface area (Å²) in [6.45, 7) is 0.251. The van der Waals surface area contributed by atoms with E-state index in [9.17, 15) is 18.4 Å². The third kappa shape index (κ3) is 7.77. The zero-order valence-electron chi connectivity index (χ0n) is 25.4. The number of H-pyrrole nitrogens is 1. The van der Waals surface area contributed by atoms with E-state index in [1.54, 1.807) is 37.6 Å². The lowest BCUT2D eigenvalue weighted by Gasteiger charge is -2.30. The van der Waals surface area contributed by atoms with Gasteiger partial charge in [-0.25, -0.2) is 28.5 Å². The second-order valence-corrected chi connectivity index (χ2v) is 11.1. The Kier molecular flexibility index (Phi) is 9.46. The second kappa shape index (κ2) is 14.2. The minimum Gasteiger partial charge on any atom is -0.497 e. The van der Waals surface area contributed by atoms with Gasteiger partial charge in [0.05, 0.1) is 19.5 Å². The average molecular weight is 643 g/mol. The number of benzene rings is 1. The summed E-state index contributed by atoms with van der Waals surface area (Å²) in [5.41, 5.74) is 2.65. The van der Waals surface area contributed by atoms with E-state index in [4.69, 9.17) is 9.47 Å². The molecule has 1 aliphatic carbocycles. The first-order valence-electron chi connectivity index (χ1n) is 15.1. The fourth-order valence-corrected chi connectivity index (χ4v) is 5.47. The molecule has 0 aliphatic heterocycles. The fraction of sp³-hybridized carbons (Fsp3) is 0.273. The Morgan fingerprint density at radius 1 is 1.00 bits per heavy atom.